The van der Waals surface area contributed by atoms with Crippen LogP contribution < -0.4 is 0 Å². The van der Waals surface area contributed by atoms with Crippen molar-refractivity contribution >= 4 is 31.1 Å². The number of hydrogen-bond acceptors (Lipinski definition) is 0. The van der Waals surface area contributed by atoms with E-state index < -0.39 is 0 Å². The number of rotatable bonds is 2. The van der Waals surface area contributed by atoms with E-state index in [-0.39, 0.29) is 26.2 Å². The minimum absolute atomic E-state index is 0. The number of benzene rings is 4. The third-order valence-electron chi connectivity index (χ3n) is 5.53. The molecule has 0 fully saturated rings. The Balaban J connectivity index is 0.000000167. The predicted octanol–water partition coefficient (Wildman–Crippen LogP) is 9.24. The minimum atomic E-state index is 0. The summed E-state index contributed by atoms with van der Waals surface area (Å²) in [5.41, 5.74) is 5.21. The zero-order valence-electron chi connectivity index (χ0n) is 19.7. The SMILES string of the molecule is C[Si]C.[Zr+2].c1ccc(-c2cccc3[cH-]ccc23)cc1.c1ccc(-c2cccc3[cH-]ccc23)cc1. The molecule has 0 saturated heterocycles. The molecule has 2 heteroatoms. The van der Waals surface area contributed by atoms with Gasteiger partial charge in [0.1, 0.15) is 0 Å². The van der Waals surface area contributed by atoms with E-state index in [1.807, 2.05) is 0 Å². The Labute approximate surface area is 225 Å². The van der Waals surface area contributed by atoms with Crippen LogP contribution in [0, 0.1) is 0 Å². The zero-order valence-corrected chi connectivity index (χ0v) is 23.2. The molecule has 164 valence electrons. The average Bonchev–Trinajstić information content (AvgIpc) is 3.55. The zero-order chi connectivity index (χ0) is 22.9. The first-order valence-electron chi connectivity index (χ1n) is 11.3. The van der Waals surface area contributed by atoms with E-state index in [4.69, 9.17) is 0 Å². The maximum atomic E-state index is 2.18. The molecule has 34 heavy (non-hydrogen) atoms. The van der Waals surface area contributed by atoms with Crippen molar-refractivity contribution in [3.63, 3.8) is 0 Å². The molecule has 6 aromatic carbocycles. The van der Waals surface area contributed by atoms with Gasteiger partial charge in [0, 0.05) is 9.52 Å². The molecule has 2 radical (unpaired) electrons. The Morgan fingerprint density at radius 1 is 0.471 bits per heavy atom. The summed E-state index contributed by atoms with van der Waals surface area (Å²) in [6.45, 7) is 4.31. The molecule has 0 saturated carbocycles. The molecule has 0 aliphatic heterocycles. The van der Waals surface area contributed by atoms with Crippen LogP contribution >= 0.6 is 0 Å². The fourth-order valence-corrected chi connectivity index (χ4v) is 4.06. The van der Waals surface area contributed by atoms with Crippen LogP contribution in [-0.4, -0.2) is 9.52 Å². The topological polar surface area (TPSA) is 0 Å². The summed E-state index contributed by atoms with van der Waals surface area (Å²) < 4.78 is 0. The van der Waals surface area contributed by atoms with Gasteiger partial charge in [-0.2, -0.15) is 24.3 Å². The van der Waals surface area contributed by atoms with E-state index in [0.29, 0.717) is 0 Å². The van der Waals surface area contributed by atoms with Gasteiger partial charge < -0.3 is 0 Å². The van der Waals surface area contributed by atoms with Crippen LogP contribution in [0.5, 0.6) is 0 Å². The Morgan fingerprint density at radius 2 is 0.853 bits per heavy atom. The summed E-state index contributed by atoms with van der Waals surface area (Å²) >= 11 is 0. The van der Waals surface area contributed by atoms with E-state index >= 15 is 0 Å². The predicted molar refractivity (Wildman–Crippen MR) is 147 cm³/mol. The number of hydrogen-bond donors (Lipinski definition) is 0. The van der Waals surface area contributed by atoms with Crippen molar-refractivity contribution in [2.75, 3.05) is 0 Å². The second kappa shape index (κ2) is 13.2. The van der Waals surface area contributed by atoms with E-state index in [9.17, 15) is 0 Å². The monoisotopic (exact) mass is 530 g/mol. The summed E-state index contributed by atoms with van der Waals surface area (Å²) in [6.07, 6.45) is 0. The van der Waals surface area contributed by atoms with Crippen LogP contribution in [0.3, 0.4) is 0 Å². The maximum Gasteiger partial charge on any atom is 2.00 e. The maximum absolute atomic E-state index is 2.18. The summed E-state index contributed by atoms with van der Waals surface area (Å²) in [5, 5.41) is 5.31. The third kappa shape index (κ3) is 6.20. The Morgan fingerprint density at radius 3 is 1.24 bits per heavy atom. The molecule has 0 heterocycles. The molecule has 6 rings (SSSR count). The number of fused-ring (bicyclic) bond motifs is 2. The normalized spacial score (nSPS) is 9.94. The summed E-state index contributed by atoms with van der Waals surface area (Å²) in [7, 11) is 1.08. The molecule has 0 amide bonds. The van der Waals surface area contributed by atoms with Crippen molar-refractivity contribution in [3.05, 3.63) is 133 Å². The van der Waals surface area contributed by atoms with Crippen LogP contribution in [0.25, 0.3) is 43.8 Å². The molecule has 0 aromatic heterocycles. The van der Waals surface area contributed by atoms with Gasteiger partial charge in [-0.1, -0.05) is 97.0 Å². The standard InChI is InChI=1S/2C15H11.C2H6Si.Zr/c2*1-2-6-12(7-3-1)14-10-4-8-13-9-5-11-15(13)14;1-3-2;/h2*1-11H;1-2H3;/q2*-1;;+2. The summed E-state index contributed by atoms with van der Waals surface area (Å²) in [4.78, 5) is 0. The van der Waals surface area contributed by atoms with Gasteiger partial charge in [-0.05, 0) is 11.1 Å². The smallest absolute Gasteiger partial charge is 0.168 e. The summed E-state index contributed by atoms with van der Waals surface area (Å²) in [6, 6.07) is 46.8. The van der Waals surface area contributed by atoms with E-state index in [2.05, 4.69) is 147 Å². The van der Waals surface area contributed by atoms with Crippen LogP contribution in [0.4, 0.5) is 0 Å². The van der Waals surface area contributed by atoms with Gasteiger partial charge >= 0.3 is 26.2 Å². The van der Waals surface area contributed by atoms with Gasteiger partial charge in [-0.15, -0.1) is 57.9 Å². The van der Waals surface area contributed by atoms with E-state index in [0.717, 1.165) is 9.52 Å². The molecule has 0 spiro atoms. The molecule has 0 bridgehead atoms. The van der Waals surface area contributed by atoms with Crippen LogP contribution in [0.15, 0.2) is 133 Å². The quantitative estimate of drug-likeness (QED) is 0.154. The fraction of sp³-hybridized carbons (Fsp3) is 0.0625. The minimum Gasteiger partial charge on any atom is -0.168 e. The van der Waals surface area contributed by atoms with Gasteiger partial charge in [0.2, 0.25) is 0 Å². The van der Waals surface area contributed by atoms with E-state index in [1.165, 1.54) is 43.8 Å². The average molecular weight is 532 g/mol. The van der Waals surface area contributed by atoms with Crippen molar-refractivity contribution in [1.29, 1.82) is 0 Å². The first kappa shape index (κ1) is 25.8. The van der Waals surface area contributed by atoms with Crippen molar-refractivity contribution in [3.8, 4) is 22.3 Å². The fourth-order valence-electron chi connectivity index (χ4n) is 4.06. The first-order valence-corrected chi connectivity index (χ1v) is 13.3. The molecular weight excluding hydrogens is 504 g/mol. The Bertz CT molecular complexity index is 1290. The summed E-state index contributed by atoms with van der Waals surface area (Å²) in [5.74, 6) is 0. The van der Waals surface area contributed by atoms with Crippen molar-refractivity contribution < 1.29 is 26.2 Å². The van der Waals surface area contributed by atoms with Gasteiger partial charge in [0.25, 0.3) is 0 Å². The van der Waals surface area contributed by atoms with Gasteiger partial charge in [-0.3, -0.25) is 0 Å². The molecule has 0 aliphatic rings. The second-order valence-corrected chi connectivity index (χ2v) is 8.90. The van der Waals surface area contributed by atoms with Crippen LogP contribution in [0.2, 0.25) is 13.1 Å². The van der Waals surface area contributed by atoms with E-state index in [1.54, 1.807) is 0 Å². The molecule has 6 aromatic rings. The molecule has 0 aliphatic carbocycles. The largest absolute Gasteiger partial charge is 2.00 e. The molecule has 0 N–H and O–H groups in total. The van der Waals surface area contributed by atoms with Gasteiger partial charge in [0.05, 0.1) is 0 Å². The first-order chi connectivity index (χ1) is 16.3. The van der Waals surface area contributed by atoms with Gasteiger partial charge in [-0.25, -0.2) is 0 Å². The van der Waals surface area contributed by atoms with Crippen LogP contribution in [-0.2, 0) is 26.2 Å². The molecule has 0 unspecified atom stereocenters. The van der Waals surface area contributed by atoms with Crippen molar-refractivity contribution in [2.24, 2.45) is 0 Å². The Hall–Kier alpha value is -2.80. The molecule has 0 atom stereocenters. The molecular formula is C32H28SiZr. The third-order valence-corrected chi connectivity index (χ3v) is 5.53. The van der Waals surface area contributed by atoms with Crippen LogP contribution in [0.1, 0.15) is 0 Å². The Kier molecular flexibility index (Phi) is 10.0. The second-order valence-electron chi connectivity index (χ2n) is 7.90. The molecule has 0 nitrogen and oxygen atoms in total. The van der Waals surface area contributed by atoms with Crippen molar-refractivity contribution in [1.82, 2.24) is 0 Å². The van der Waals surface area contributed by atoms with Gasteiger partial charge in [0.15, 0.2) is 0 Å². The van der Waals surface area contributed by atoms with Crippen molar-refractivity contribution in [2.45, 2.75) is 13.1 Å².